The average molecular weight is 463 g/mol. The van der Waals surface area contributed by atoms with Gasteiger partial charge in [0.2, 0.25) is 5.91 Å². The molecule has 4 rings (SSSR count). The molecule has 0 unspecified atom stereocenters. The number of nitrogens with two attached hydrogens (primary N) is 1. The molecular formula is C25H26N4O3S. The molecule has 2 aromatic carbocycles. The first-order chi connectivity index (χ1) is 16.0. The Kier molecular flexibility index (Phi) is 7.04. The molecule has 3 N–H and O–H groups in total. The van der Waals surface area contributed by atoms with Crippen LogP contribution in [0.1, 0.15) is 29.4 Å². The maximum Gasteiger partial charge on any atom is 0.261 e. The van der Waals surface area contributed by atoms with Crippen molar-refractivity contribution in [1.82, 2.24) is 10.3 Å². The fourth-order valence-corrected chi connectivity index (χ4v) is 4.87. The fraction of sp³-hybridized carbons (Fsp3) is 0.240. The van der Waals surface area contributed by atoms with E-state index in [-0.39, 0.29) is 11.9 Å². The Morgan fingerprint density at radius 1 is 1.18 bits per heavy atom. The van der Waals surface area contributed by atoms with Gasteiger partial charge in [-0.25, -0.2) is 4.98 Å². The molecule has 0 aliphatic carbocycles. The summed E-state index contributed by atoms with van der Waals surface area (Å²) in [5, 5.41) is 3.67. The summed E-state index contributed by atoms with van der Waals surface area (Å²) in [5.41, 5.74) is 7.05. The number of rotatable bonds is 8. The topological polar surface area (TPSA) is 97.6 Å². The zero-order valence-corrected chi connectivity index (χ0v) is 19.2. The highest BCUT2D eigenvalue weighted by Crippen LogP contribution is 2.36. The van der Waals surface area contributed by atoms with Gasteiger partial charge in [0.25, 0.3) is 5.91 Å². The number of hydrogen-bond acceptors (Lipinski definition) is 6. The van der Waals surface area contributed by atoms with Crippen LogP contribution < -0.4 is 20.7 Å². The Balaban J connectivity index is 1.54. The number of anilines is 1. The highest BCUT2D eigenvalue weighted by Gasteiger charge is 2.29. The molecule has 33 heavy (non-hydrogen) atoms. The van der Waals surface area contributed by atoms with E-state index in [9.17, 15) is 9.59 Å². The summed E-state index contributed by atoms with van der Waals surface area (Å²) in [6.07, 6.45) is 5.17. The molecule has 0 spiro atoms. The molecule has 0 radical (unpaired) electrons. The van der Waals surface area contributed by atoms with Gasteiger partial charge in [-0.3, -0.25) is 9.59 Å². The number of carbonyl (C=O) groups is 2. The van der Waals surface area contributed by atoms with Gasteiger partial charge in [-0.15, -0.1) is 0 Å². The molecule has 1 saturated heterocycles. The SMILES string of the molecule is C/C=C/C(=O)NC[C@@H]1CCCN1c1nc(-c2ccc(Oc3ccccc3)cc2)c(C(N)=O)s1. The predicted molar refractivity (Wildman–Crippen MR) is 131 cm³/mol. The highest BCUT2D eigenvalue weighted by atomic mass is 32.1. The van der Waals surface area contributed by atoms with Crippen LogP contribution in [0.5, 0.6) is 11.5 Å². The molecule has 170 valence electrons. The third-order valence-corrected chi connectivity index (χ3v) is 6.51. The summed E-state index contributed by atoms with van der Waals surface area (Å²) < 4.78 is 5.85. The second-order valence-corrected chi connectivity index (χ2v) is 8.69. The number of ether oxygens (including phenoxy) is 1. The quantitative estimate of drug-likeness (QED) is 0.485. The van der Waals surface area contributed by atoms with Crippen molar-refractivity contribution in [2.45, 2.75) is 25.8 Å². The maximum atomic E-state index is 12.2. The van der Waals surface area contributed by atoms with E-state index in [1.54, 1.807) is 6.08 Å². The number of primary amides is 1. The van der Waals surface area contributed by atoms with Gasteiger partial charge in [0.15, 0.2) is 5.13 Å². The van der Waals surface area contributed by atoms with Crippen LogP contribution in [0.3, 0.4) is 0 Å². The summed E-state index contributed by atoms with van der Waals surface area (Å²) in [6.45, 7) is 3.15. The Labute approximate surface area is 196 Å². The van der Waals surface area contributed by atoms with Gasteiger partial charge in [0.05, 0.1) is 5.69 Å². The monoisotopic (exact) mass is 462 g/mol. The molecule has 0 saturated carbocycles. The largest absolute Gasteiger partial charge is 0.457 e. The lowest BCUT2D eigenvalue weighted by atomic mass is 10.1. The van der Waals surface area contributed by atoms with E-state index >= 15 is 0 Å². The van der Waals surface area contributed by atoms with Crippen molar-refractivity contribution in [3.63, 3.8) is 0 Å². The van der Waals surface area contributed by atoms with Gasteiger partial charge >= 0.3 is 0 Å². The number of carbonyl (C=O) groups excluding carboxylic acids is 2. The van der Waals surface area contributed by atoms with Gasteiger partial charge in [0.1, 0.15) is 16.4 Å². The number of thiazole rings is 1. The Morgan fingerprint density at radius 2 is 1.91 bits per heavy atom. The minimum Gasteiger partial charge on any atom is -0.457 e. The molecule has 1 aromatic heterocycles. The molecule has 8 heteroatoms. The third kappa shape index (κ3) is 5.40. The van der Waals surface area contributed by atoms with Crippen LogP contribution in [0.25, 0.3) is 11.3 Å². The van der Waals surface area contributed by atoms with Gasteiger partial charge in [-0.2, -0.15) is 0 Å². The lowest BCUT2D eigenvalue weighted by Crippen LogP contribution is -2.39. The standard InChI is InChI=1S/C25H26N4O3S/c1-2-7-21(30)27-16-18-8-6-15-29(18)25-28-22(23(33-25)24(26)31)17-11-13-20(14-12-17)32-19-9-4-3-5-10-19/h2-5,7,9-14,18H,6,8,15-16H2,1H3,(H2,26,31)(H,27,30)/b7-2+/t18-/m0/s1. The first kappa shape index (κ1) is 22.5. The summed E-state index contributed by atoms with van der Waals surface area (Å²) in [7, 11) is 0. The number of aromatic nitrogens is 1. The summed E-state index contributed by atoms with van der Waals surface area (Å²) >= 11 is 1.30. The normalized spacial score (nSPS) is 15.7. The number of para-hydroxylation sites is 1. The Bertz CT molecular complexity index is 1140. The molecule has 1 aliphatic heterocycles. The second-order valence-electron chi connectivity index (χ2n) is 7.71. The zero-order chi connectivity index (χ0) is 23.2. The smallest absolute Gasteiger partial charge is 0.261 e. The minimum absolute atomic E-state index is 0.111. The van der Waals surface area contributed by atoms with Gasteiger partial charge in [-0.1, -0.05) is 35.6 Å². The van der Waals surface area contributed by atoms with Crippen LogP contribution in [0.2, 0.25) is 0 Å². The number of benzene rings is 2. The van der Waals surface area contributed by atoms with Crippen molar-refractivity contribution in [2.24, 2.45) is 5.73 Å². The molecule has 1 atom stereocenters. The lowest BCUT2D eigenvalue weighted by Gasteiger charge is -2.24. The van der Waals surface area contributed by atoms with Crippen LogP contribution in [-0.2, 0) is 4.79 Å². The molecule has 3 aromatic rings. The van der Waals surface area contributed by atoms with Gasteiger partial charge in [-0.05, 0) is 62.2 Å². The Hall–Kier alpha value is -3.65. The predicted octanol–water partition coefficient (Wildman–Crippen LogP) is 4.36. The molecule has 2 amide bonds. The van der Waals surface area contributed by atoms with E-state index in [1.165, 1.54) is 17.4 Å². The van der Waals surface area contributed by atoms with Crippen molar-refractivity contribution in [2.75, 3.05) is 18.0 Å². The van der Waals surface area contributed by atoms with Gasteiger partial charge < -0.3 is 20.7 Å². The van der Waals surface area contributed by atoms with Crippen molar-refractivity contribution in [3.8, 4) is 22.8 Å². The summed E-state index contributed by atoms with van der Waals surface area (Å²) in [4.78, 5) is 31.4. The molecule has 7 nitrogen and oxygen atoms in total. The van der Waals surface area contributed by atoms with Crippen LogP contribution in [0.15, 0.2) is 66.7 Å². The molecular weight excluding hydrogens is 436 g/mol. The first-order valence-corrected chi connectivity index (χ1v) is 11.7. The van der Waals surface area contributed by atoms with E-state index in [4.69, 9.17) is 15.5 Å². The maximum absolute atomic E-state index is 12.2. The molecule has 2 heterocycles. The number of nitrogens with one attached hydrogen (secondary N) is 1. The van der Waals surface area contributed by atoms with E-state index < -0.39 is 5.91 Å². The van der Waals surface area contributed by atoms with E-state index in [0.29, 0.717) is 22.9 Å². The van der Waals surface area contributed by atoms with Crippen molar-refractivity contribution in [3.05, 3.63) is 71.6 Å². The van der Waals surface area contributed by atoms with Crippen LogP contribution in [-0.4, -0.2) is 35.9 Å². The summed E-state index contributed by atoms with van der Waals surface area (Å²) in [6, 6.07) is 17.1. The molecule has 1 aliphatic rings. The molecule has 0 bridgehead atoms. The number of allylic oxidation sites excluding steroid dienone is 1. The average Bonchev–Trinajstić information content (AvgIpc) is 3.46. The molecule has 1 fully saturated rings. The van der Waals surface area contributed by atoms with Crippen molar-refractivity contribution < 1.29 is 14.3 Å². The van der Waals surface area contributed by atoms with Crippen molar-refractivity contribution in [1.29, 1.82) is 0 Å². The third-order valence-electron chi connectivity index (χ3n) is 5.40. The van der Waals surface area contributed by atoms with Crippen LogP contribution in [0.4, 0.5) is 5.13 Å². The number of nitrogens with zero attached hydrogens (tertiary/aromatic N) is 2. The van der Waals surface area contributed by atoms with Crippen LogP contribution >= 0.6 is 11.3 Å². The van der Waals surface area contributed by atoms with E-state index in [2.05, 4.69) is 10.2 Å². The Morgan fingerprint density at radius 3 is 2.61 bits per heavy atom. The second kappa shape index (κ2) is 10.3. The highest BCUT2D eigenvalue weighted by molar-refractivity contribution is 7.18. The summed E-state index contributed by atoms with van der Waals surface area (Å²) in [5.74, 6) is 0.827. The lowest BCUT2D eigenvalue weighted by molar-refractivity contribution is -0.116. The van der Waals surface area contributed by atoms with Gasteiger partial charge in [0, 0.05) is 24.7 Å². The fourth-order valence-electron chi connectivity index (χ4n) is 3.83. The minimum atomic E-state index is -0.504. The van der Waals surface area contributed by atoms with Crippen molar-refractivity contribution >= 4 is 28.3 Å². The zero-order valence-electron chi connectivity index (χ0n) is 18.4. The first-order valence-electron chi connectivity index (χ1n) is 10.9. The van der Waals surface area contributed by atoms with E-state index in [1.807, 2.05) is 61.5 Å². The number of amides is 2. The van der Waals surface area contributed by atoms with Crippen LogP contribution in [0, 0.1) is 0 Å². The number of hydrogen-bond donors (Lipinski definition) is 2. The van der Waals surface area contributed by atoms with E-state index in [0.717, 1.165) is 35.8 Å².